The molecule has 1 amide bonds. The number of carbonyl (C=O) groups is 1. The molecular formula is C14H24N4O2. The average molecular weight is 280 g/mol. The highest BCUT2D eigenvalue weighted by Gasteiger charge is 2.46. The molecule has 6 nitrogen and oxygen atoms in total. The highest BCUT2D eigenvalue weighted by Crippen LogP contribution is 2.34. The molecule has 2 rings (SSSR count). The number of hydrogen-bond donors (Lipinski definition) is 1. The second-order valence-corrected chi connectivity index (χ2v) is 6.08. The van der Waals surface area contributed by atoms with Gasteiger partial charge in [0, 0.05) is 32.0 Å². The molecule has 1 aromatic rings. The summed E-state index contributed by atoms with van der Waals surface area (Å²) in [6, 6.07) is 0. The highest BCUT2D eigenvalue weighted by atomic mass is 16.3. The SMILES string of the molecule is CC(C)[C@@]1(O)CN(C(=O)CCCn2cncn2)C[C@@H]1C. The number of aliphatic hydroxyl groups is 1. The zero-order chi connectivity index (χ0) is 14.8. The van der Waals surface area contributed by atoms with Gasteiger partial charge in [-0.15, -0.1) is 0 Å². The number of rotatable bonds is 5. The van der Waals surface area contributed by atoms with Gasteiger partial charge >= 0.3 is 0 Å². The number of carbonyl (C=O) groups excluding carboxylic acids is 1. The monoisotopic (exact) mass is 280 g/mol. The normalized spacial score (nSPS) is 26.4. The van der Waals surface area contributed by atoms with Crippen molar-refractivity contribution < 1.29 is 9.90 Å². The topological polar surface area (TPSA) is 71.2 Å². The van der Waals surface area contributed by atoms with Gasteiger partial charge in [-0.25, -0.2) is 4.98 Å². The second kappa shape index (κ2) is 5.91. The molecule has 2 heterocycles. The summed E-state index contributed by atoms with van der Waals surface area (Å²) in [7, 11) is 0. The van der Waals surface area contributed by atoms with Gasteiger partial charge in [-0.3, -0.25) is 9.48 Å². The minimum atomic E-state index is -0.748. The maximum absolute atomic E-state index is 12.2. The van der Waals surface area contributed by atoms with E-state index in [1.807, 2.05) is 20.8 Å². The number of β-amino-alcohol motifs (C(OH)–C–C–N with tert-alkyl or cyclic N) is 1. The van der Waals surface area contributed by atoms with Crippen molar-refractivity contribution >= 4 is 5.91 Å². The Labute approximate surface area is 119 Å². The number of amides is 1. The van der Waals surface area contributed by atoms with Gasteiger partial charge in [0.15, 0.2) is 0 Å². The largest absolute Gasteiger partial charge is 0.387 e. The van der Waals surface area contributed by atoms with Crippen molar-refractivity contribution in [3.8, 4) is 0 Å². The van der Waals surface area contributed by atoms with E-state index >= 15 is 0 Å². The maximum Gasteiger partial charge on any atom is 0.222 e. The molecule has 1 N–H and O–H groups in total. The zero-order valence-corrected chi connectivity index (χ0v) is 12.5. The Kier molecular flexibility index (Phi) is 4.42. The van der Waals surface area contributed by atoms with E-state index in [1.54, 1.807) is 15.9 Å². The summed E-state index contributed by atoms with van der Waals surface area (Å²) >= 11 is 0. The smallest absolute Gasteiger partial charge is 0.222 e. The van der Waals surface area contributed by atoms with Gasteiger partial charge in [0.05, 0.1) is 5.60 Å². The van der Waals surface area contributed by atoms with Crippen molar-refractivity contribution in [2.24, 2.45) is 11.8 Å². The van der Waals surface area contributed by atoms with Crippen LogP contribution >= 0.6 is 0 Å². The quantitative estimate of drug-likeness (QED) is 0.870. The Morgan fingerprint density at radius 1 is 1.55 bits per heavy atom. The summed E-state index contributed by atoms with van der Waals surface area (Å²) in [5, 5.41) is 14.6. The lowest BCUT2D eigenvalue weighted by atomic mass is 9.82. The minimum Gasteiger partial charge on any atom is -0.387 e. The summed E-state index contributed by atoms with van der Waals surface area (Å²) in [6.07, 6.45) is 4.38. The summed E-state index contributed by atoms with van der Waals surface area (Å²) in [4.78, 5) is 17.9. The fourth-order valence-corrected chi connectivity index (χ4v) is 2.85. The van der Waals surface area contributed by atoms with Crippen molar-refractivity contribution in [2.75, 3.05) is 13.1 Å². The van der Waals surface area contributed by atoms with Crippen molar-refractivity contribution in [1.29, 1.82) is 0 Å². The van der Waals surface area contributed by atoms with Crippen LogP contribution in [0.1, 0.15) is 33.6 Å². The molecule has 20 heavy (non-hydrogen) atoms. The summed E-state index contributed by atoms with van der Waals surface area (Å²) < 4.78 is 1.73. The van der Waals surface area contributed by atoms with Crippen LogP contribution in [-0.4, -0.2) is 49.4 Å². The molecule has 6 heteroatoms. The van der Waals surface area contributed by atoms with Crippen LogP contribution in [-0.2, 0) is 11.3 Å². The van der Waals surface area contributed by atoms with Gasteiger partial charge < -0.3 is 10.0 Å². The van der Waals surface area contributed by atoms with E-state index < -0.39 is 5.60 Å². The third-order valence-electron chi connectivity index (χ3n) is 4.39. The fourth-order valence-electron chi connectivity index (χ4n) is 2.85. The molecular weight excluding hydrogens is 256 g/mol. The van der Waals surface area contributed by atoms with Gasteiger partial charge in [-0.05, 0) is 12.3 Å². The van der Waals surface area contributed by atoms with Crippen LogP contribution in [0.25, 0.3) is 0 Å². The second-order valence-electron chi connectivity index (χ2n) is 6.08. The van der Waals surface area contributed by atoms with Crippen LogP contribution in [0.5, 0.6) is 0 Å². The molecule has 112 valence electrons. The summed E-state index contributed by atoms with van der Waals surface area (Å²) in [5.41, 5.74) is -0.748. The maximum atomic E-state index is 12.2. The average Bonchev–Trinajstić information content (AvgIpc) is 2.99. The molecule has 1 aromatic heterocycles. The molecule has 0 spiro atoms. The van der Waals surface area contributed by atoms with Gasteiger partial charge in [0.2, 0.25) is 5.91 Å². The fraction of sp³-hybridized carbons (Fsp3) is 0.786. The first kappa shape index (κ1) is 15.0. The Balaban J connectivity index is 1.82. The molecule has 1 aliphatic rings. The third kappa shape index (κ3) is 3.00. The highest BCUT2D eigenvalue weighted by molar-refractivity contribution is 5.76. The van der Waals surface area contributed by atoms with E-state index in [0.717, 1.165) is 6.42 Å². The molecule has 1 saturated heterocycles. The van der Waals surface area contributed by atoms with Gasteiger partial charge in [0.1, 0.15) is 12.7 Å². The molecule has 0 aromatic carbocycles. The van der Waals surface area contributed by atoms with Gasteiger partial charge in [-0.2, -0.15) is 5.10 Å². The van der Waals surface area contributed by atoms with Crippen LogP contribution in [0.4, 0.5) is 0 Å². The number of hydrogen-bond acceptors (Lipinski definition) is 4. The lowest BCUT2D eigenvalue weighted by Crippen LogP contribution is -2.43. The number of nitrogens with zero attached hydrogens (tertiary/aromatic N) is 4. The van der Waals surface area contributed by atoms with Crippen molar-refractivity contribution in [2.45, 2.75) is 45.8 Å². The molecule has 1 aliphatic heterocycles. The predicted octanol–water partition coefficient (Wildman–Crippen LogP) is 0.924. The third-order valence-corrected chi connectivity index (χ3v) is 4.39. The summed E-state index contributed by atoms with van der Waals surface area (Å²) in [6.45, 7) is 7.83. The van der Waals surface area contributed by atoms with Crippen molar-refractivity contribution in [1.82, 2.24) is 19.7 Å². The van der Waals surface area contributed by atoms with Crippen LogP contribution in [0, 0.1) is 11.8 Å². The van der Waals surface area contributed by atoms with Crippen LogP contribution in [0.3, 0.4) is 0 Å². The standard InChI is InChI=1S/C14H24N4O2/c1-11(2)14(20)8-17(7-12(14)3)13(19)5-4-6-18-10-15-9-16-18/h9-12,20H,4-8H2,1-3H3/t12-,14-/m0/s1. The Bertz CT molecular complexity index is 446. The zero-order valence-electron chi connectivity index (χ0n) is 12.5. The molecule has 0 radical (unpaired) electrons. The molecule has 0 unspecified atom stereocenters. The minimum absolute atomic E-state index is 0.119. The van der Waals surface area contributed by atoms with Crippen LogP contribution in [0.2, 0.25) is 0 Å². The van der Waals surface area contributed by atoms with E-state index in [0.29, 0.717) is 26.1 Å². The van der Waals surface area contributed by atoms with E-state index in [4.69, 9.17) is 0 Å². The summed E-state index contributed by atoms with van der Waals surface area (Å²) in [5.74, 6) is 0.403. The van der Waals surface area contributed by atoms with Gasteiger partial charge in [-0.1, -0.05) is 20.8 Å². The van der Waals surface area contributed by atoms with Crippen molar-refractivity contribution in [3.63, 3.8) is 0 Å². The number of aryl methyl sites for hydroxylation is 1. The first-order chi connectivity index (χ1) is 9.43. The molecule has 2 atom stereocenters. The van der Waals surface area contributed by atoms with Gasteiger partial charge in [0.25, 0.3) is 0 Å². The molecule has 1 fully saturated rings. The Morgan fingerprint density at radius 3 is 2.85 bits per heavy atom. The first-order valence-corrected chi connectivity index (χ1v) is 7.26. The molecule has 0 saturated carbocycles. The molecule has 0 bridgehead atoms. The lowest BCUT2D eigenvalue weighted by Gasteiger charge is -2.31. The number of likely N-dealkylation sites (tertiary alicyclic amines) is 1. The molecule has 0 aliphatic carbocycles. The first-order valence-electron chi connectivity index (χ1n) is 7.26. The van der Waals surface area contributed by atoms with E-state index in [2.05, 4.69) is 10.1 Å². The lowest BCUT2D eigenvalue weighted by molar-refractivity contribution is -0.131. The van der Waals surface area contributed by atoms with E-state index in [1.165, 1.54) is 6.33 Å². The Morgan fingerprint density at radius 2 is 2.30 bits per heavy atom. The van der Waals surface area contributed by atoms with E-state index in [9.17, 15) is 9.90 Å². The number of aromatic nitrogens is 3. The van der Waals surface area contributed by atoms with E-state index in [-0.39, 0.29) is 17.7 Å². The van der Waals surface area contributed by atoms with Crippen molar-refractivity contribution in [3.05, 3.63) is 12.7 Å². The predicted molar refractivity (Wildman–Crippen MR) is 74.8 cm³/mol. The Hall–Kier alpha value is -1.43. The van der Waals surface area contributed by atoms with Crippen LogP contribution in [0.15, 0.2) is 12.7 Å². The van der Waals surface area contributed by atoms with Crippen LogP contribution < -0.4 is 0 Å².